The molecule has 6 heteroatoms. The van der Waals surface area contributed by atoms with Gasteiger partial charge in [-0.05, 0) is 6.92 Å². The zero-order chi connectivity index (χ0) is 13.1. The van der Waals surface area contributed by atoms with Gasteiger partial charge in [-0.3, -0.25) is 4.98 Å². The molecule has 0 aliphatic carbocycles. The minimum absolute atomic E-state index is 0.257. The van der Waals surface area contributed by atoms with Crippen molar-refractivity contribution in [3.05, 3.63) is 18.1 Å². The van der Waals surface area contributed by atoms with Gasteiger partial charge in [0.15, 0.2) is 5.69 Å². The molecule has 0 N–H and O–H groups in total. The quantitative estimate of drug-likeness (QED) is 0.759. The van der Waals surface area contributed by atoms with E-state index in [1.807, 2.05) is 11.8 Å². The highest BCUT2D eigenvalue weighted by molar-refractivity contribution is 8.00. The molecule has 1 aromatic heterocycles. The second-order valence-electron chi connectivity index (χ2n) is 4.26. The van der Waals surface area contributed by atoms with Crippen molar-refractivity contribution in [3.63, 3.8) is 0 Å². The molecule has 0 amide bonds. The van der Waals surface area contributed by atoms with Crippen LogP contribution in [0.2, 0.25) is 0 Å². The fraction of sp³-hybridized carbons (Fsp3) is 0.583. The van der Waals surface area contributed by atoms with Crippen molar-refractivity contribution in [2.45, 2.75) is 25.1 Å². The van der Waals surface area contributed by atoms with Crippen molar-refractivity contribution in [3.8, 4) is 0 Å². The van der Waals surface area contributed by atoms with Crippen LogP contribution in [0.25, 0.3) is 0 Å². The van der Waals surface area contributed by atoms with Gasteiger partial charge < -0.3 is 9.64 Å². The summed E-state index contributed by atoms with van der Waals surface area (Å²) in [4.78, 5) is 22.1. The number of rotatable bonds is 2. The summed E-state index contributed by atoms with van der Waals surface area (Å²) >= 11 is 1.96. The lowest BCUT2D eigenvalue weighted by molar-refractivity contribution is 0.0593. The summed E-state index contributed by atoms with van der Waals surface area (Å²) in [5, 5.41) is 0.544. The fourth-order valence-electron chi connectivity index (χ4n) is 1.95. The van der Waals surface area contributed by atoms with Crippen molar-refractivity contribution in [1.29, 1.82) is 0 Å². The van der Waals surface area contributed by atoms with Gasteiger partial charge in [-0.15, -0.1) is 0 Å². The van der Waals surface area contributed by atoms with Crippen LogP contribution in [0.3, 0.4) is 0 Å². The standard InChI is InChI=1S/C12H17N3O2S/c1-8-9(2)18-5-4-15(8)11-7-13-6-10(14-11)12(16)17-3/h6-9H,4-5H2,1-3H3. The average molecular weight is 267 g/mol. The van der Waals surface area contributed by atoms with E-state index in [0.29, 0.717) is 11.3 Å². The molecule has 0 saturated carbocycles. The summed E-state index contributed by atoms with van der Waals surface area (Å²) < 4.78 is 4.66. The molecule has 0 spiro atoms. The van der Waals surface area contributed by atoms with E-state index in [1.54, 1.807) is 6.20 Å². The number of aromatic nitrogens is 2. The van der Waals surface area contributed by atoms with E-state index in [0.717, 1.165) is 18.1 Å². The average Bonchev–Trinajstić information content (AvgIpc) is 2.41. The normalized spacial score (nSPS) is 23.8. The Morgan fingerprint density at radius 2 is 2.28 bits per heavy atom. The first-order valence-electron chi connectivity index (χ1n) is 5.92. The van der Waals surface area contributed by atoms with Crippen LogP contribution in [0.5, 0.6) is 0 Å². The van der Waals surface area contributed by atoms with E-state index < -0.39 is 5.97 Å². The number of esters is 1. The van der Waals surface area contributed by atoms with E-state index in [9.17, 15) is 4.79 Å². The first kappa shape index (κ1) is 13.1. The Kier molecular flexibility index (Phi) is 4.06. The maximum absolute atomic E-state index is 11.4. The third-order valence-electron chi connectivity index (χ3n) is 3.19. The van der Waals surface area contributed by atoms with Crippen LogP contribution in [-0.2, 0) is 4.74 Å². The van der Waals surface area contributed by atoms with Gasteiger partial charge in [-0.2, -0.15) is 11.8 Å². The van der Waals surface area contributed by atoms with Gasteiger partial charge in [-0.1, -0.05) is 6.92 Å². The lowest BCUT2D eigenvalue weighted by atomic mass is 10.2. The lowest BCUT2D eigenvalue weighted by Crippen LogP contribution is -2.45. The number of carbonyl (C=O) groups excluding carboxylic acids is 1. The molecule has 2 rings (SSSR count). The number of hydrogen-bond donors (Lipinski definition) is 0. The Bertz CT molecular complexity index is 441. The highest BCUT2D eigenvalue weighted by Crippen LogP contribution is 2.27. The van der Waals surface area contributed by atoms with Crippen LogP contribution < -0.4 is 4.90 Å². The molecule has 2 unspecified atom stereocenters. The van der Waals surface area contributed by atoms with E-state index >= 15 is 0 Å². The molecule has 1 aliphatic heterocycles. The molecule has 1 saturated heterocycles. The summed E-state index contributed by atoms with van der Waals surface area (Å²) in [7, 11) is 1.35. The van der Waals surface area contributed by atoms with Gasteiger partial charge in [-0.25, -0.2) is 9.78 Å². The Hall–Kier alpha value is -1.30. The molecule has 0 aromatic carbocycles. The summed E-state index contributed by atoms with van der Waals surface area (Å²) in [6, 6.07) is 0.381. The number of anilines is 1. The van der Waals surface area contributed by atoms with Gasteiger partial charge in [0.2, 0.25) is 0 Å². The van der Waals surface area contributed by atoms with Gasteiger partial charge in [0.1, 0.15) is 5.82 Å². The third-order valence-corrected chi connectivity index (χ3v) is 4.53. The zero-order valence-electron chi connectivity index (χ0n) is 10.8. The molecule has 1 aromatic rings. The first-order valence-corrected chi connectivity index (χ1v) is 6.97. The molecule has 18 heavy (non-hydrogen) atoms. The first-order chi connectivity index (χ1) is 8.63. The van der Waals surface area contributed by atoms with Crippen LogP contribution >= 0.6 is 11.8 Å². The van der Waals surface area contributed by atoms with Crippen molar-refractivity contribution in [2.75, 3.05) is 24.3 Å². The number of nitrogens with zero attached hydrogens (tertiary/aromatic N) is 3. The van der Waals surface area contributed by atoms with E-state index in [1.165, 1.54) is 13.3 Å². The summed E-state index contributed by atoms with van der Waals surface area (Å²) in [6.45, 7) is 5.30. The molecular weight excluding hydrogens is 250 g/mol. The predicted molar refractivity (Wildman–Crippen MR) is 72.1 cm³/mol. The number of carbonyl (C=O) groups is 1. The fourth-order valence-corrected chi connectivity index (χ4v) is 3.05. The molecule has 5 nitrogen and oxygen atoms in total. The zero-order valence-corrected chi connectivity index (χ0v) is 11.6. The van der Waals surface area contributed by atoms with Crippen molar-refractivity contribution in [2.24, 2.45) is 0 Å². The number of methoxy groups -OCH3 is 1. The summed E-state index contributed by atoms with van der Waals surface area (Å²) in [5.41, 5.74) is 0.257. The minimum Gasteiger partial charge on any atom is -0.464 e. The van der Waals surface area contributed by atoms with Crippen LogP contribution in [0.4, 0.5) is 5.82 Å². The third kappa shape index (κ3) is 2.58. The van der Waals surface area contributed by atoms with Crippen molar-refractivity contribution < 1.29 is 9.53 Å². The highest BCUT2D eigenvalue weighted by Gasteiger charge is 2.26. The molecular formula is C12H17N3O2S. The molecule has 2 heterocycles. The van der Waals surface area contributed by atoms with Crippen LogP contribution in [0.15, 0.2) is 12.4 Å². The predicted octanol–water partition coefficient (Wildman–Crippen LogP) is 1.59. The maximum atomic E-state index is 11.4. The second kappa shape index (κ2) is 5.56. The molecule has 1 fully saturated rings. The topological polar surface area (TPSA) is 55.3 Å². The number of thioether (sulfide) groups is 1. The number of hydrogen-bond acceptors (Lipinski definition) is 6. The minimum atomic E-state index is -0.448. The SMILES string of the molecule is COC(=O)c1cncc(N2CCSC(C)C2C)n1. The molecule has 2 atom stereocenters. The van der Waals surface area contributed by atoms with Gasteiger partial charge in [0, 0.05) is 23.6 Å². The Morgan fingerprint density at radius 1 is 1.50 bits per heavy atom. The Morgan fingerprint density at radius 3 is 3.00 bits per heavy atom. The van der Waals surface area contributed by atoms with E-state index in [4.69, 9.17) is 0 Å². The van der Waals surface area contributed by atoms with Crippen LogP contribution in [0.1, 0.15) is 24.3 Å². The van der Waals surface area contributed by atoms with E-state index in [-0.39, 0.29) is 5.69 Å². The van der Waals surface area contributed by atoms with Crippen LogP contribution in [0, 0.1) is 0 Å². The molecule has 1 aliphatic rings. The lowest BCUT2D eigenvalue weighted by Gasteiger charge is -2.38. The summed E-state index contributed by atoms with van der Waals surface area (Å²) in [5.74, 6) is 1.37. The van der Waals surface area contributed by atoms with Crippen molar-refractivity contribution in [1.82, 2.24) is 9.97 Å². The summed E-state index contributed by atoms with van der Waals surface area (Å²) in [6.07, 6.45) is 3.13. The van der Waals surface area contributed by atoms with Gasteiger partial charge >= 0.3 is 5.97 Å². The molecule has 0 bridgehead atoms. The van der Waals surface area contributed by atoms with E-state index in [2.05, 4.69) is 33.5 Å². The maximum Gasteiger partial charge on any atom is 0.358 e. The van der Waals surface area contributed by atoms with Gasteiger partial charge in [0.25, 0.3) is 0 Å². The van der Waals surface area contributed by atoms with Crippen molar-refractivity contribution >= 4 is 23.5 Å². The monoisotopic (exact) mass is 267 g/mol. The molecule has 0 radical (unpaired) electrons. The largest absolute Gasteiger partial charge is 0.464 e. The Labute approximate surface area is 111 Å². The highest BCUT2D eigenvalue weighted by atomic mass is 32.2. The second-order valence-corrected chi connectivity index (χ2v) is 5.75. The smallest absolute Gasteiger partial charge is 0.358 e. The van der Waals surface area contributed by atoms with Gasteiger partial charge in [0.05, 0.1) is 19.5 Å². The number of ether oxygens (including phenoxy) is 1. The van der Waals surface area contributed by atoms with Crippen LogP contribution in [-0.4, -0.2) is 46.6 Å². The Balaban J connectivity index is 2.25. The molecule has 98 valence electrons.